The lowest BCUT2D eigenvalue weighted by molar-refractivity contribution is -0.179. The second kappa shape index (κ2) is 8.97. The molecule has 7 heteroatoms. The van der Waals surface area contributed by atoms with Crippen LogP contribution in [-0.2, 0) is 19.1 Å². The molecule has 0 radical (unpaired) electrons. The van der Waals surface area contributed by atoms with E-state index >= 15 is 0 Å². The molecule has 1 fully saturated rings. The average molecular weight is 395 g/mol. The van der Waals surface area contributed by atoms with Crippen LogP contribution in [0.3, 0.4) is 0 Å². The number of carboxylic acid groups (broad SMARTS) is 1. The molecule has 2 aliphatic rings. The van der Waals surface area contributed by atoms with Gasteiger partial charge in [-0.25, -0.2) is 4.79 Å². The van der Waals surface area contributed by atoms with Gasteiger partial charge < -0.3 is 19.9 Å². The number of carboxylic acids is 1. The molecule has 0 aromatic rings. The highest BCUT2D eigenvalue weighted by Crippen LogP contribution is 2.59. The fourth-order valence-corrected chi connectivity index (χ4v) is 4.24. The number of fused-ring (bicyclic) bond motifs is 1. The first-order valence-corrected chi connectivity index (χ1v) is 10.1. The maximum absolute atomic E-state index is 12.3. The molecule has 0 aromatic carbocycles. The number of carbonyl (C=O) groups excluding carboxylic acids is 2. The van der Waals surface area contributed by atoms with Crippen LogP contribution in [0.5, 0.6) is 0 Å². The van der Waals surface area contributed by atoms with Crippen LogP contribution in [0.2, 0.25) is 0 Å². The van der Waals surface area contributed by atoms with Gasteiger partial charge in [0.05, 0.1) is 12.3 Å². The van der Waals surface area contributed by atoms with Crippen LogP contribution in [0, 0.1) is 29.1 Å². The summed E-state index contributed by atoms with van der Waals surface area (Å²) < 4.78 is 10.6. The van der Waals surface area contributed by atoms with E-state index in [0.29, 0.717) is 5.92 Å². The predicted octanol–water partition coefficient (Wildman–Crippen LogP) is 3.73. The van der Waals surface area contributed by atoms with E-state index < -0.39 is 29.7 Å². The van der Waals surface area contributed by atoms with Gasteiger partial charge in [-0.05, 0) is 31.1 Å². The summed E-state index contributed by atoms with van der Waals surface area (Å²) in [7, 11) is 0. The van der Waals surface area contributed by atoms with E-state index in [4.69, 9.17) is 9.47 Å². The minimum absolute atomic E-state index is 0.0118. The number of nitrogens with one attached hydrogen (secondary N) is 1. The Labute approximate surface area is 166 Å². The van der Waals surface area contributed by atoms with Crippen molar-refractivity contribution in [3.05, 3.63) is 11.6 Å². The van der Waals surface area contributed by atoms with Gasteiger partial charge in [0.2, 0.25) is 0 Å². The third kappa shape index (κ3) is 5.06. The van der Waals surface area contributed by atoms with Gasteiger partial charge in [0, 0.05) is 17.9 Å². The van der Waals surface area contributed by atoms with E-state index in [-0.39, 0.29) is 30.7 Å². The summed E-state index contributed by atoms with van der Waals surface area (Å²) in [4.78, 5) is 35.5. The molecular formula is C21H33NO6. The Kier molecular flexibility index (Phi) is 7.12. The zero-order valence-electron chi connectivity index (χ0n) is 17.5. The third-order valence-electron chi connectivity index (χ3n) is 5.84. The van der Waals surface area contributed by atoms with Crippen molar-refractivity contribution in [2.24, 2.45) is 29.1 Å². The number of aliphatic carboxylic acids is 1. The molecule has 0 unspecified atom stereocenters. The van der Waals surface area contributed by atoms with Crippen molar-refractivity contribution in [1.82, 2.24) is 5.32 Å². The molecular weight excluding hydrogens is 362 g/mol. The van der Waals surface area contributed by atoms with Gasteiger partial charge >= 0.3 is 18.0 Å². The van der Waals surface area contributed by atoms with Crippen molar-refractivity contribution in [1.29, 1.82) is 0 Å². The fourth-order valence-electron chi connectivity index (χ4n) is 4.24. The molecule has 2 rings (SSSR count). The van der Waals surface area contributed by atoms with Gasteiger partial charge in [0.25, 0.3) is 6.29 Å². The van der Waals surface area contributed by atoms with Crippen LogP contribution in [0.1, 0.15) is 60.3 Å². The van der Waals surface area contributed by atoms with Crippen molar-refractivity contribution in [2.75, 3.05) is 6.54 Å². The first kappa shape index (κ1) is 22.2. The monoisotopic (exact) mass is 395 g/mol. The topological polar surface area (TPSA) is 102 Å². The summed E-state index contributed by atoms with van der Waals surface area (Å²) in [6.07, 6.45) is 3.32. The highest BCUT2D eigenvalue weighted by atomic mass is 16.7. The Bertz CT molecular complexity index is 641. The van der Waals surface area contributed by atoms with Gasteiger partial charge in [-0.2, -0.15) is 0 Å². The van der Waals surface area contributed by atoms with E-state index in [2.05, 4.69) is 18.3 Å². The number of hydrogen-bond acceptors (Lipinski definition) is 5. The first-order chi connectivity index (χ1) is 13.1. The molecule has 0 aliphatic heterocycles. The van der Waals surface area contributed by atoms with Crippen LogP contribution >= 0.6 is 0 Å². The minimum atomic E-state index is -0.975. The number of allylic oxidation sites excluding steroid dienone is 2. The zero-order chi connectivity index (χ0) is 21.1. The van der Waals surface area contributed by atoms with E-state index in [1.54, 1.807) is 27.7 Å². The average Bonchev–Trinajstić information content (AvgIpc) is 2.95. The highest BCUT2D eigenvalue weighted by molar-refractivity contribution is 5.72. The number of hydrogen-bond donors (Lipinski definition) is 2. The smallest absolute Gasteiger partial charge is 0.410 e. The normalized spacial score (nSPS) is 26.9. The lowest BCUT2D eigenvalue weighted by Crippen LogP contribution is -2.53. The maximum Gasteiger partial charge on any atom is 0.410 e. The van der Waals surface area contributed by atoms with Crippen LogP contribution in [0.15, 0.2) is 11.6 Å². The van der Waals surface area contributed by atoms with E-state index in [9.17, 15) is 19.5 Å². The molecule has 1 saturated carbocycles. The third-order valence-corrected chi connectivity index (χ3v) is 5.84. The fraction of sp³-hybridized carbons (Fsp3) is 0.762. The Hall–Kier alpha value is -2.05. The van der Waals surface area contributed by atoms with Gasteiger partial charge in [-0.3, -0.25) is 9.59 Å². The molecule has 0 saturated heterocycles. The van der Waals surface area contributed by atoms with Gasteiger partial charge in [0.1, 0.15) is 0 Å². The molecule has 0 spiro atoms. The van der Waals surface area contributed by atoms with Crippen LogP contribution in [0.25, 0.3) is 0 Å². The minimum Gasteiger partial charge on any atom is -0.481 e. The molecule has 0 heterocycles. The molecule has 4 atom stereocenters. The van der Waals surface area contributed by atoms with Crippen LogP contribution in [-0.4, -0.2) is 36.0 Å². The quantitative estimate of drug-likeness (QED) is 0.350. The standard InChI is InChI=1S/C21H33NO6/c1-6-14-7-15-9-21(10-17(23)24,16(15)8-14)11-22-20(26)28-19(13(4)5)27-18(25)12(2)3/h8,12-13,15-16,19H,6-7,9-11H2,1-5H3,(H,22,26)(H,23,24)/t15-,16+,19+,21+/m0/s1. The molecule has 2 aliphatic carbocycles. The predicted molar refractivity (Wildman–Crippen MR) is 103 cm³/mol. The number of alkyl carbamates (subject to hydrolysis) is 1. The molecule has 1 amide bonds. The van der Waals surface area contributed by atoms with Crippen LogP contribution < -0.4 is 5.32 Å². The largest absolute Gasteiger partial charge is 0.481 e. The molecule has 2 N–H and O–H groups in total. The number of rotatable bonds is 9. The maximum atomic E-state index is 12.3. The molecule has 7 nitrogen and oxygen atoms in total. The number of amides is 1. The highest BCUT2D eigenvalue weighted by Gasteiger charge is 2.55. The SMILES string of the molecule is CCC1=C[C@@H]2[C@@H](C1)C[C@]2(CNC(=O)O[C@@H](OC(=O)C(C)C)C(C)C)CC(=O)O. The van der Waals surface area contributed by atoms with Crippen molar-refractivity contribution in [3.63, 3.8) is 0 Å². The first-order valence-electron chi connectivity index (χ1n) is 10.1. The summed E-state index contributed by atoms with van der Waals surface area (Å²) >= 11 is 0. The van der Waals surface area contributed by atoms with Gasteiger partial charge in [-0.15, -0.1) is 0 Å². The van der Waals surface area contributed by atoms with Crippen molar-refractivity contribution >= 4 is 18.0 Å². The van der Waals surface area contributed by atoms with Crippen molar-refractivity contribution in [2.45, 2.75) is 66.6 Å². The summed E-state index contributed by atoms with van der Waals surface area (Å²) in [5, 5.41) is 12.1. The van der Waals surface area contributed by atoms with Crippen molar-refractivity contribution < 1.29 is 29.0 Å². The lowest BCUT2D eigenvalue weighted by atomic mass is 9.53. The zero-order valence-corrected chi connectivity index (χ0v) is 17.5. The Morgan fingerprint density at radius 3 is 2.46 bits per heavy atom. The van der Waals surface area contributed by atoms with E-state index in [0.717, 1.165) is 19.3 Å². The molecule has 28 heavy (non-hydrogen) atoms. The van der Waals surface area contributed by atoms with E-state index in [1.807, 2.05) is 0 Å². The lowest BCUT2D eigenvalue weighted by Gasteiger charge is -2.51. The summed E-state index contributed by atoms with van der Waals surface area (Å²) in [6, 6.07) is 0. The number of esters is 1. The van der Waals surface area contributed by atoms with E-state index in [1.165, 1.54) is 5.57 Å². The van der Waals surface area contributed by atoms with Crippen molar-refractivity contribution in [3.8, 4) is 0 Å². The second-order valence-electron chi connectivity index (χ2n) is 8.77. The van der Waals surface area contributed by atoms with Crippen LogP contribution in [0.4, 0.5) is 4.79 Å². The number of carbonyl (C=O) groups is 3. The van der Waals surface area contributed by atoms with Gasteiger partial charge in [0.15, 0.2) is 0 Å². The molecule has 158 valence electrons. The summed E-state index contributed by atoms with van der Waals surface area (Å²) in [5.74, 6) is -1.15. The Balaban J connectivity index is 1.97. The Morgan fingerprint density at radius 2 is 1.93 bits per heavy atom. The molecule has 0 bridgehead atoms. The Morgan fingerprint density at radius 1 is 1.25 bits per heavy atom. The summed E-state index contributed by atoms with van der Waals surface area (Å²) in [6.45, 7) is 9.35. The summed E-state index contributed by atoms with van der Waals surface area (Å²) in [5.41, 5.74) is 0.888. The van der Waals surface area contributed by atoms with Gasteiger partial charge in [-0.1, -0.05) is 46.3 Å². The second-order valence-corrected chi connectivity index (χ2v) is 8.77. The molecule has 0 aromatic heterocycles. The number of ether oxygens (including phenoxy) is 2.